The van der Waals surface area contributed by atoms with Crippen molar-refractivity contribution in [2.24, 2.45) is 0 Å². The van der Waals surface area contributed by atoms with Gasteiger partial charge in [-0.2, -0.15) is 0 Å². The van der Waals surface area contributed by atoms with Gasteiger partial charge in [0, 0.05) is 11.1 Å². The number of aryl methyl sites for hydroxylation is 1. The van der Waals surface area contributed by atoms with Crippen molar-refractivity contribution in [1.29, 1.82) is 0 Å². The highest BCUT2D eigenvalue weighted by atomic mass is 16.5. The number of benzene rings is 4. The summed E-state index contributed by atoms with van der Waals surface area (Å²) < 4.78 is 11.6. The number of aliphatic carboxylic acids is 1. The number of carboxylic acids is 1. The van der Waals surface area contributed by atoms with Gasteiger partial charge in [-0.3, -0.25) is 0 Å². The zero-order chi connectivity index (χ0) is 31.0. The second kappa shape index (κ2) is 13.9. The molecule has 1 unspecified atom stereocenters. The van der Waals surface area contributed by atoms with Crippen molar-refractivity contribution < 1.29 is 24.5 Å². The van der Waals surface area contributed by atoms with Gasteiger partial charge in [0.05, 0.1) is 6.61 Å². The first-order chi connectivity index (χ1) is 20.5. The van der Waals surface area contributed by atoms with Crippen LogP contribution in [0.4, 0.5) is 0 Å². The Labute approximate surface area is 254 Å². The summed E-state index contributed by atoms with van der Waals surface area (Å²) >= 11 is 0. The molecule has 0 saturated heterocycles. The Balaban J connectivity index is 1.56. The van der Waals surface area contributed by atoms with Crippen molar-refractivity contribution in [1.82, 2.24) is 0 Å². The number of ether oxygens (including phenoxy) is 2. The lowest BCUT2D eigenvalue weighted by molar-refractivity contribution is -0.144. The Morgan fingerprint density at radius 3 is 1.93 bits per heavy atom. The maximum absolute atomic E-state index is 11.1. The molecule has 0 aliphatic carbocycles. The number of aliphatic hydroxyl groups excluding tert-OH is 1. The Bertz CT molecular complexity index is 1630. The minimum atomic E-state index is -1.01. The van der Waals surface area contributed by atoms with E-state index in [1.54, 1.807) is 12.1 Å². The van der Waals surface area contributed by atoms with Crippen LogP contribution in [-0.4, -0.2) is 28.9 Å². The molecule has 0 aromatic heterocycles. The van der Waals surface area contributed by atoms with E-state index in [9.17, 15) is 9.90 Å². The lowest BCUT2D eigenvalue weighted by atomic mass is 9.85. The Kier molecular flexibility index (Phi) is 10.1. The van der Waals surface area contributed by atoms with Crippen LogP contribution in [0.15, 0.2) is 97.1 Å². The highest BCUT2D eigenvalue weighted by molar-refractivity contribution is 5.80. The number of rotatable bonds is 9. The molecule has 43 heavy (non-hydrogen) atoms. The molecule has 0 aliphatic rings. The minimum absolute atomic E-state index is 0.0177. The van der Waals surface area contributed by atoms with Crippen LogP contribution in [0.3, 0.4) is 0 Å². The number of hydrogen-bond donors (Lipinski definition) is 2. The molecule has 0 aliphatic heterocycles. The van der Waals surface area contributed by atoms with E-state index < -0.39 is 12.1 Å². The Hall–Kier alpha value is -4.79. The topological polar surface area (TPSA) is 76.0 Å². The minimum Gasteiger partial charge on any atom is -0.489 e. The van der Waals surface area contributed by atoms with E-state index in [-0.39, 0.29) is 12.0 Å². The van der Waals surface area contributed by atoms with E-state index in [1.807, 2.05) is 49.4 Å². The zero-order valence-electron chi connectivity index (χ0n) is 25.3. The van der Waals surface area contributed by atoms with E-state index in [0.717, 1.165) is 39.0 Å². The highest BCUT2D eigenvalue weighted by Gasteiger charge is 2.15. The fraction of sp³-hybridized carbons (Fsp3) is 0.237. The van der Waals surface area contributed by atoms with Crippen LogP contribution in [0.1, 0.15) is 66.6 Å². The molecule has 0 radical (unpaired) electrons. The van der Waals surface area contributed by atoms with Crippen LogP contribution in [0.25, 0.3) is 5.57 Å². The third kappa shape index (κ3) is 8.61. The molecule has 0 spiro atoms. The van der Waals surface area contributed by atoms with Gasteiger partial charge in [0.25, 0.3) is 0 Å². The van der Waals surface area contributed by atoms with Gasteiger partial charge in [-0.25, -0.2) is 4.79 Å². The largest absolute Gasteiger partial charge is 0.489 e. The van der Waals surface area contributed by atoms with Crippen LogP contribution >= 0.6 is 0 Å². The van der Waals surface area contributed by atoms with E-state index in [2.05, 4.69) is 75.1 Å². The molecule has 5 nitrogen and oxygen atoms in total. The third-order valence-electron chi connectivity index (χ3n) is 7.08. The summed E-state index contributed by atoms with van der Waals surface area (Å²) in [7, 11) is 0. The number of carboxylic acid groups (broad SMARTS) is 1. The number of hydrogen-bond acceptors (Lipinski definition) is 4. The third-order valence-corrected chi connectivity index (χ3v) is 7.08. The van der Waals surface area contributed by atoms with Gasteiger partial charge < -0.3 is 19.7 Å². The van der Waals surface area contributed by atoms with Gasteiger partial charge in [0.2, 0.25) is 0 Å². The second-order valence-corrected chi connectivity index (χ2v) is 11.5. The predicted octanol–water partition coefficient (Wildman–Crippen LogP) is 7.55. The van der Waals surface area contributed by atoms with Crippen molar-refractivity contribution in [3.05, 3.63) is 136 Å². The molecule has 4 aromatic carbocycles. The predicted molar refractivity (Wildman–Crippen MR) is 171 cm³/mol. The molecule has 0 bridgehead atoms. The number of aliphatic hydroxyl groups is 1. The quantitative estimate of drug-likeness (QED) is 0.202. The van der Waals surface area contributed by atoms with Crippen molar-refractivity contribution in [2.75, 3.05) is 6.61 Å². The molecule has 0 saturated carbocycles. The summed E-state index contributed by atoms with van der Waals surface area (Å²) in [4.78, 5) is 11.1. The average molecular weight is 575 g/mol. The lowest BCUT2D eigenvalue weighted by Gasteiger charge is -2.19. The van der Waals surface area contributed by atoms with E-state index in [1.165, 1.54) is 12.5 Å². The second-order valence-electron chi connectivity index (χ2n) is 11.5. The Morgan fingerprint density at radius 1 is 0.860 bits per heavy atom. The molecule has 5 heteroatoms. The average Bonchev–Trinajstić information content (AvgIpc) is 2.99. The Morgan fingerprint density at radius 2 is 1.42 bits per heavy atom. The fourth-order valence-corrected chi connectivity index (χ4v) is 4.43. The van der Waals surface area contributed by atoms with Gasteiger partial charge in [-0.15, -0.1) is 0 Å². The van der Waals surface area contributed by atoms with Crippen LogP contribution in [-0.2, 0) is 16.8 Å². The molecular formula is C38H38O5. The molecule has 0 fully saturated rings. The van der Waals surface area contributed by atoms with Crippen molar-refractivity contribution in [2.45, 2.75) is 52.7 Å². The number of carbonyl (C=O) groups is 1. The standard InChI is InChI=1S/C38H38O5/c1-26-24-34(20-21-36(26)43-27(2)37(40)41)42-23-22-35(32-16-18-33(19-17-32)38(3,4)5)31-14-12-29(13-15-31)7-6-28-8-10-30(25-39)11-9-28/h8-22,24,27,39H,23,25H2,1-5H3,(H,40,41)/b35-22+. The summed E-state index contributed by atoms with van der Waals surface area (Å²) in [6.45, 7) is 10.3. The summed E-state index contributed by atoms with van der Waals surface area (Å²) in [5.74, 6) is 6.58. The van der Waals surface area contributed by atoms with Gasteiger partial charge >= 0.3 is 5.97 Å². The summed E-state index contributed by atoms with van der Waals surface area (Å²) in [6, 6.07) is 29.8. The molecular weight excluding hydrogens is 536 g/mol. The van der Waals surface area contributed by atoms with E-state index in [4.69, 9.17) is 14.6 Å². The van der Waals surface area contributed by atoms with Crippen LogP contribution < -0.4 is 9.47 Å². The molecule has 1 atom stereocenters. The summed E-state index contributed by atoms with van der Waals surface area (Å²) in [5, 5.41) is 18.4. The van der Waals surface area contributed by atoms with Crippen LogP contribution in [0, 0.1) is 18.8 Å². The van der Waals surface area contributed by atoms with Crippen molar-refractivity contribution in [3.8, 4) is 23.3 Å². The summed E-state index contributed by atoms with van der Waals surface area (Å²) in [5.41, 5.74) is 7.96. The maximum atomic E-state index is 11.1. The van der Waals surface area contributed by atoms with Crippen molar-refractivity contribution >= 4 is 11.5 Å². The first-order valence-electron chi connectivity index (χ1n) is 14.3. The first-order valence-corrected chi connectivity index (χ1v) is 14.3. The molecule has 4 rings (SSSR count). The van der Waals surface area contributed by atoms with Crippen LogP contribution in [0.2, 0.25) is 0 Å². The molecule has 220 valence electrons. The van der Waals surface area contributed by atoms with E-state index >= 15 is 0 Å². The lowest BCUT2D eigenvalue weighted by Crippen LogP contribution is -2.23. The molecule has 2 N–H and O–H groups in total. The zero-order valence-corrected chi connectivity index (χ0v) is 25.3. The maximum Gasteiger partial charge on any atom is 0.344 e. The monoisotopic (exact) mass is 574 g/mol. The van der Waals surface area contributed by atoms with Crippen LogP contribution in [0.5, 0.6) is 11.5 Å². The van der Waals surface area contributed by atoms with Gasteiger partial charge in [-0.1, -0.05) is 81.1 Å². The van der Waals surface area contributed by atoms with Gasteiger partial charge in [0.1, 0.15) is 18.1 Å². The van der Waals surface area contributed by atoms with Gasteiger partial charge in [-0.05, 0) is 101 Å². The SMILES string of the molecule is Cc1cc(OC/C=C(\c2ccc(C#Cc3ccc(CO)cc3)cc2)c2ccc(C(C)(C)C)cc2)ccc1OC(C)C(=O)O. The highest BCUT2D eigenvalue weighted by Crippen LogP contribution is 2.29. The molecule has 0 heterocycles. The first kappa shape index (κ1) is 31.2. The smallest absolute Gasteiger partial charge is 0.344 e. The van der Waals surface area contributed by atoms with Crippen molar-refractivity contribution in [3.63, 3.8) is 0 Å². The van der Waals surface area contributed by atoms with E-state index in [0.29, 0.717) is 18.1 Å². The molecule has 4 aromatic rings. The normalized spacial score (nSPS) is 12.2. The fourth-order valence-electron chi connectivity index (χ4n) is 4.43. The van der Waals surface area contributed by atoms with Gasteiger partial charge in [0.15, 0.2) is 6.10 Å². The summed E-state index contributed by atoms with van der Waals surface area (Å²) in [6.07, 6.45) is 1.14. The molecule has 0 amide bonds.